The normalized spacial score (nSPS) is 17.5. The van der Waals surface area contributed by atoms with Crippen molar-refractivity contribution in [1.29, 1.82) is 0 Å². The number of Topliss-reactive ketones (excluding diaryl/α,β-unsaturated/α-hetero) is 1. The van der Waals surface area contributed by atoms with Gasteiger partial charge in [0.25, 0.3) is 0 Å². The Morgan fingerprint density at radius 2 is 1.83 bits per heavy atom. The van der Waals surface area contributed by atoms with Crippen molar-refractivity contribution < 1.29 is 13.6 Å². The second-order valence-corrected chi connectivity index (χ2v) is 6.52. The van der Waals surface area contributed by atoms with Crippen molar-refractivity contribution in [3.8, 4) is 0 Å². The SMILES string of the molecule is C[C@@H]1N=C(c2c(F)cccc2F)c2c(ccc(Br)c2Cl)CC1=O. The summed E-state index contributed by atoms with van der Waals surface area (Å²) >= 11 is 9.65. The molecule has 1 aliphatic rings. The molecular formula is C17H11BrClF2NO. The summed E-state index contributed by atoms with van der Waals surface area (Å²) in [4.78, 5) is 16.4. The molecule has 6 heteroatoms. The second kappa shape index (κ2) is 6.13. The molecule has 23 heavy (non-hydrogen) atoms. The fraction of sp³-hybridized carbons (Fsp3) is 0.176. The van der Waals surface area contributed by atoms with E-state index in [1.165, 1.54) is 6.07 Å². The third-order valence-corrected chi connectivity index (χ3v) is 5.05. The molecule has 0 radical (unpaired) electrons. The number of hydrogen-bond acceptors (Lipinski definition) is 2. The summed E-state index contributed by atoms with van der Waals surface area (Å²) in [7, 11) is 0. The van der Waals surface area contributed by atoms with Gasteiger partial charge < -0.3 is 0 Å². The first-order chi connectivity index (χ1) is 10.9. The summed E-state index contributed by atoms with van der Waals surface area (Å²) in [5, 5.41) is 0.283. The Kier molecular flexibility index (Phi) is 4.34. The minimum Gasteiger partial charge on any atom is -0.297 e. The molecule has 1 aliphatic heterocycles. The van der Waals surface area contributed by atoms with Gasteiger partial charge in [0.1, 0.15) is 17.7 Å². The highest BCUT2D eigenvalue weighted by Crippen LogP contribution is 2.34. The highest BCUT2D eigenvalue weighted by atomic mass is 79.9. The van der Waals surface area contributed by atoms with Crippen LogP contribution in [0.25, 0.3) is 0 Å². The molecule has 118 valence electrons. The van der Waals surface area contributed by atoms with Crippen LogP contribution in [0.1, 0.15) is 23.6 Å². The minimum absolute atomic E-state index is 0.0697. The Morgan fingerprint density at radius 1 is 1.17 bits per heavy atom. The molecule has 0 unspecified atom stereocenters. The lowest BCUT2D eigenvalue weighted by atomic mass is 9.95. The summed E-state index contributed by atoms with van der Waals surface area (Å²) in [5.41, 5.74) is 0.798. The molecule has 1 heterocycles. The zero-order valence-electron chi connectivity index (χ0n) is 12.0. The molecule has 3 rings (SSSR count). The first kappa shape index (κ1) is 16.3. The lowest BCUT2D eigenvalue weighted by Gasteiger charge is -2.14. The molecule has 0 spiro atoms. The Morgan fingerprint density at radius 3 is 2.48 bits per heavy atom. The Balaban J connectivity index is 2.38. The number of carbonyl (C=O) groups excluding carboxylic acids is 1. The van der Waals surface area contributed by atoms with Gasteiger partial charge in [-0.05, 0) is 46.6 Å². The largest absolute Gasteiger partial charge is 0.297 e. The number of halogens is 4. The van der Waals surface area contributed by atoms with Gasteiger partial charge in [-0.2, -0.15) is 0 Å². The van der Waals surface area contributed by atoms with Gasteiger partial charge in [0.05, 0.1) is 16.3 Å². The van der Waals surface area contributed by atoms with Crippen LogP contribution in [-0.4, -0.2) is 17.5 Å². The monoisotopic (exact) mass is 397 g/mol. The van der Waals surface area contributed by atoms with Crippen LogP contribution >= 0.6 is 27.5 Å². The van der Waals surface area contributed by atoms with Crippen LogP contribution < -0.4 is 0 Å². The molecule has 0 bridgehead atoms. The van der Waals surface area contributed by atoms with Crippen LogP contribution in [0, 0.1) is 11.6 Å². The predicted molar refractivity (Wildman–Crippen MR) is 89.3 cm³/mol. The Bertz CT molecular complexity index is 830. The summed E-state index contributed by atoms with van der Waals surface area (Å²) < 4.78 is 29.1. The third-order valence-electron chi connectivity index (χ3n) is 3.77. The summed E-state index contributed by atoms with van der Waals surface area (Å²) in [6.45, 7) is 1.61. The van der Waals surface area contributed by atoms with E-state index in [1.54, 1.807) is 19.1 Å². The number of aliphatic imine (C=N–C) groups is 1. The van der Waals surface area contributed by atoms with Gasteiger partial charge in [-0.1, -0.05) is 23.7 Å². The van der Waals surface area contributed by atoms with E-state index >= 15 is 0 Å². The molecule has 2 nitrogen and oxygen atoms in total. The van der Waals surface area contributed by atoms with Gasteiger partial charge in [0.2, 0.25) is 0 Å². The average molecular weight is 399 g/mol. The number of carbonyl (C=O) groups is 1. The van der Waals surface area contributed by atoms with Crippen LogP contribution in [0.15, 0.2) is 39.8 Å². The van der Waals surface area contributed by atoms with E-state index in [0.717, 1.165) is 12.1 Å². The smallest absolute Gasteiger partial charge is 0.161 e. The quantitative estimate of drug-likeness (QED) is 0.683. The number of ketones is 1. The number of benzene rings is 2. The van der Waals surface area contributed by atoms with E-state index in [2.05, 4.69) is 20.9 Å². The van der Waals surface area contributed by atoms with Crippen LogP contribution in [-0.2, 0) is 11.2 Å². The van der Waals surface area contributed by atoms with E-state index in [0.29, 0.717) is 15.6 Å². The van der Waals surface area contributed by atoms with Crippen molar-refractivity contribution in [3.05, 3.63) is 68.2 Å². The van der Waals surface area contributed by atoms with E-state index in [4.69, 9.17) is 11.6 Å². The maximum Gasteiger partial charge on any atom is 0.161 e. The van der Waals surface area contributed by atoms with E-state index in [-0.39, 0.29) is 28.5 Å². The fourth-order valence-corrected chi connectivity index (χ4v) is 3.18. The molecule has 0 saturated carbocycles. The maximum absolute atomic E-state index is 14.3. The fourth-order valence-electron chi connectivity index (χ4n) is 2.57. The highest BCUT2D eigenvalue weighted by Gasteiger charge is 2.28. The lowest BCUT2D eigenvalue weighted by Crippen LogP contribution is -2.16. The Hall–Kier alpha value is -1.59. The Labute approximate surface area is 145 Å². The second-order valence-electron chi connectivity index (χ2n) is 5.29. The molecule has 0 fully saturated rings. The third kappa shape index (κ3) is 2.83. The van der Waals surface area contributed by atoms with Crippen molar-refractivity contribution >= 4 is 39.0 Å². The van der Waals surface area contributed by atoms with Gasteiger partial charge in [-0.15, -0.1) is 0 Å². The molecule has 1 atom stereocenters. The van der Waals surface area contributed by atoms with Crippen LogP contribution in [0.5, 0.6) is 0 Å². The molecule has 0 N–H and O–H groups in total. The summed E-state index contributed by atoms with van der Waals surface area (Å²) in [5.74, 6) is -1.61. The summed E-state index contributed by atoms with van der Waals surface area (Å²) in [6.07, 6.45) is 0.118. The van der Waals surface area contributed by atoms with Gasteiger partial charge in [0, 0.05) is 16.5 Å². The number of rotatable bonds is 1. The number of nitrogens with zero attached hydrogens (tertiary/aromatic N) is 1. The van der Waals surface area contributed by atoms with E-state index < -0.39 is 17.7 Å². The van der Waals surface area contributed by atoms with Gasteiger partial charge in [0.15, 0.2) is 5.78 Å². The first-order valence-corrected chi connectivity index (χ1v) is 8.09. The summed E-state index contributed by atoms with van der Waals surface area (Å²) in [6, 6.07) is 6.32. The van der Waals surface area contributed by atoms with Crippen molar-refractivity contribution in [2.75, 3.05) is 0 Å². The van der Waals surface area contributed by atoms with Crippen LogP contribution in [0.3, 0.4) is 0 Å². The van der Waals surface area contributed by atoms with Crippen molar-refractivity contribution in [1.82, 2.24) is 0 Å². The molecule has 0 saturated heterocycles. The number of hydrogen-bond donors (Lipinski definition) is 0. The number of fused-ring (bicyclic) bond motifs is 1. The molecule has 0 aliphatic carbocycles. The average Bonchev–Trinajstić information content (AvgIpc) is 2.61. The molecule has 2 aromatic rings. The molecule has 2 aromatic carbocycles. The minimum atomic E-state index is -0.743. The van der Waals surface area contributed by atoms with Gasteiger partial charge in [-0.25, -0.2) is 8.78 Å². The standard InChI is InChI=1S/C17H11BrClF2NO/c1-8-13(23)7-9-5-6-10(18)16(19)14(9)17(22-8)15-11(20)3-2-4-12(15)21/h2-6,8H,7H2,1H3/t8-/m0/s1. The predicted octanol–water partition coefficient (Wildman–Crippen LogP) is 4.73. The van der Waals surface area contributed by atoms with Crippen molar-refractivity contribution in [2.45, 2.75) is 19.4 Å². The first-order valence-electron chi connectivity index (χ1n) is 6.92. The molecule has 0 aromatic heterocycles. The van der Waals surface area contributed by atoms with Gasteiger partial charge in [-0.3, -0.25) is 9.79 Å². The van der Waals surface area contributed by atoms with Crippen LogP contribution in [0.2, 0.25) is 5.02 Å². The highest BCUT2D eigenvalue weighted by molar-refractivity contribution is 9.10. The van der Waals surface area contributed by atoms with Gasteiger partial charge >= 0.3 is 0 Å². The molecule has 0 amide bonds. The maximum atomic E-state index is 14.3. The lowest BCUT2D eigenvalue weighted by molar-refractivity contribution is -0.119. The van der Waals surface area contributed by atoms with Crippen molar-refractivity contribution in [2.24, 2.45) is 4.99 Å². The zero-order chi connectivity index (χ0) is 16.7. The van der Waals surface area contributed by atoms with E-state index in [9.17, 15) is 13.6 Å². The zero-order valence-corrected chi connectivity index (χ0v) is 14.4. The molecular weight excluding hydrogens is 388 g/mol. The van der Waals surface area contributed by atoms with Crippen LogP contribution in [0.4, 0.5) is 8.78 Å². The topological polar surface area (TPSA) is 29.4 Å². The van der Waals surface area contributed by atoms with E-state index in [1.807, 2.05) is 0 Å². The van der Waals surface area contributed by atoms with Crippen molar-refractivity contribution in [3.63, 3.8) is 0 Å².